The molecule has 37 heavy (non-hydrogen) atoms. The van der Waals surface area contributed by atoms with E-state index in [4.69, 9.17) is 18.9 Å². The summed E-state index contributed by atoms with van der Waals surface area (Å²) < 4.78 is 21.5. The number of benzene rings is 3. The van der Waals surface area contributed by atoms with Gasteiger partial charge in [0, 0.05) is 5.69 Å². The smallest absolute Gasteiger partial charge is 0.343 e. The Bertz CT molecular complexity index is 1260. The lowest BCUT2D eigenvalue weighted by atomic mass is 10.2. The maximum absolute atomic E-state index is 12.6. The third kappa shape index (κ3) is 7.82. The number of anilines is 1. The van der Waals surface area contributed by atoms with Gasteiger partial charge in [-0.15, -0.1) is 0 Å². The molecule has 3 rings (SSSR count). The second kappa shape index (κ2) is 13.3. The Balaban J connectivity index is 1.60. The molecule has 3 aromatic carbocycles. The van der Waals surface area contributed by atoms with E-state index in [2.05, 4.69) is 15.8 Å². The summed E-state index contributed by atoms with van der Waals surface area (Å²) in [6.45, 7) is 4.52. The lowest BCUT2D eigenvalue weighted by molar-refractivity contribution is -0.136. The van der Waals surface area contributed by atoms with Gasteiger partial charge in [0.2, 0.25) is 0 Å². The molecule has 0 aliphatic rings. The Morgan fingerprint density at radius 2 is 1.49 bits per heavy atom. The molecule has 0 aliphatic carbocycles. The number of carbonyl (C=O) groups is 3. The zero-order valence-corrected chi connectivity index (χ0v) is 20.6. The maximum Gasteiger partial charge on any atom is 0.343 e. The van der Waals surface area contributed by atoms with E-state index < -0.39 is 17.8 Å². The van der Waals surface area contributed by atoms with Gasteiger partial charge >= 0.3 is 17.8 Å². The van der Waals surface area contributed by atoms with Gasteiger partial charge in [-0.3, -0.25) is 9.59 Å². The molecule has 10 nitrogen and oxygen atoms in total. The minimum Gasteiger partial charge on any atom is -0.497 e. The molecule has 3 aromatic rings. The molecule has 0 saturated heterocycles. The summed E-state index contributed by atoms with van der Waals surface area (Å²) in [7, 11) is 1.53. The van der Waals surface area contributed by atoms with E-state index in [9.17, 15) is 14.4 Å². The molecule has 0 saturated carbocycles. The minimum absolute atomic E-state index is 0.223. The molecular formula is C27H27N3O7. The summed E-state index contributed by atoms with van der Waals surface area (Å²) in [5.74, 6) is -0.569. The van der Waals surface area contributed by atoms with Crippen LogP contribution in [0.2, 0.25) is 0 Å². The molecular weight excluding hydrogens is 478 g/mol. The van der Waals surface area contributed by atoms with E-state index in [1.165, 1.54) is 13.3 Å². The third-order valence-corrected chi connectivity index (χ3v) is 4.81. The average molecular weight is 506 g/mol. The number of carbonyl (C=O) groups excluding carboxylic acids is 3. The number of amides is 2. The van der Waals surface area contributed by atoms with E-state index in [1.807, 2.05) is 6.92 Å². The van der Waals surface area contributed by atoms with Crippen molar-refractivity contribution in [2.75, 3.05) is 25.6 Å². The molecule has 0 aliphatic heterocycles. The van der Waals surface area contributed by atoms with Gasteiger partial charge in [-0.25, -0.2) is 10.2 Å². The number of hydrogen-bond acceptors (Lipinski definition) is 8. The largest absolute Gasteiger partial charge is 0.497 e. The molecule has 0 radical (unpaired) electrons. The number of rotatable bonds is 10. The van der Waals surface area contributed by atoms with E-state index in [0.29, 0.717) is 47.3 Å². The molecule has 0 atom stereocenters. The monoisotopic (exact) mass is 505 g/mol. The van der Waals surface area contributed by atoms with Gasteiger partial charge in [0.25, 0.3) is 0 Å². The molecule has 0 spiro atoms. The van der Waals surface area contributed by atoms with E-state index in [-0.39, 0.29) is 5.75 Å². The van der Waals surface area contributed by atoms with Crippen LogP contribution in [0.3, 0.4) is 0 Å². The number of nitrogens with zero attached hydrogens (tertiary/aromatic N) is 1. The van der Waals surface area contributed by atoms with Crippen molar-refractivity contribution in [3.63, 3.8) is 0 Å². The molecule has 2 N–H and O–H groups in total. The molecule has 192 valence electrons. The van der Waals surface area contributed by atoms with Crippen LogP contribution in [-0.4, -0.2) is 44.3 Å². The van der Waals surface area contributed by atoms with Crippen LogP contribution in [0.1, 0.15) is 29.8 Å². The van der Waals surface area contributed by atoms with Crippen LogP contribution in [0.4, 0.5) is 5.69 Å². The zero-order valence-electron chi connectivity index (χ0n) is 20.6. The number of ether oxygens (including phenoxy) is 4. The summed E-state index contributed by atoms with van der Waals surface area (Å²) in [4.78, 5) is 36.7. The predicted molar refractivity (Wildman–Crippen MR) is 138 cm³/mol. The van der Waals surface area contributed by atoms with Gasteiger partial charge in [-0.1, -0.05) is 0 Å². The highest BCUT2D eigenvalue weighted by Crippen LogP contribution is 2.29. The average Bonchev–Trinajstić information content (AvgIpc) is 2.91. The van der Waals surface area contributed by atoms with Crippen molar-refractivity contribution in [2.45, 2.75) is 13.8 Å². The standard InChI is InChI=1S/C27H27N3O7/c1-4-35-22-11-7-19(8-12-22)27(33)37-23-15-6-18(16-24(23)36-5-2)17-28-30-26(32)25(31)29-20-9-13-21(34-3)14-10-20/h6-17H,4-5H2,1-3H3,(H,29,31)(H,30,32). The topological polar surface area (TPSA) is 125 Å². The van der Waals surface area contributed by atoms with Gasteiger partial charge in [-0.05, 0) is 86.1 Å². The Morgan fingerprint density at radius 3 is 2.14 bits per heavy atom. The Kier molecular flexibility index (Phi) is 9.60. The fourth-order valence-corrected chi connectivity index (χ4v) is 3.05. The van der Waals surface area contributed by atoms with Crippen LogP contribution >= 0.6 is 0 Å². The first-order valence-corrected chi connectivity index (χ1v) is 11.4. The quantitative estimate of drug-likeness (QED) is 0.141. The summed E-state index contributed by atoms with van der Waals surface area (Å²) in [5, 5.41) is 6.27. The van der Waals surface area contributed by atoms with Crippen molar-refractivity contribution in [1.29, 1.82) is 0 Å². The van der Waals surface area contributed by atoms with Gasteiger partial charge in [0.05, 0.1) is 32.1 Å². The minimum atomic E-state index is -0.946. The SMILES string of the molecule is CCOc1ccc(C(=O)Oc2ccc(C=NNC(=O)C(=O)Nc3ccc(OC)cc3)cc2OCC)cc1. The van der Waals surface area contributed by atoms with Crippen molar-refractivity contribution in [2.24, 2.45) is 5.10 Å². The summed E-state index contributed by atoms with van der Waals surface area (Å²) >= 11 is 0. The molecule has 0 bridgehead atoms. The maximum atomic E-state index is 12.6. The Labute approximate surface area is 214 Å². The molecule has 0 aromatic heterocycles. The van der Waals surface area contributed by atoms with E-state index in [1.54, 1.807) is 73.7 Å². The van der Waals surface area contributed by atoms with Gasteiger partial charge in [-0.2, -0.15) is 5.10 Å². The molecule has 10 heteroatoms. The lowest BCUT2D eigenvalue weighted by Crippen LogP contribution is -2.32. The van der Waals surface area contributed by atoms with Crippen LogP contribution in [0.5, 0.6) is 23.0 Å². The van der Waals surface area contributed by atoms with Crippen molar-refractivity contribution < 1.29 is 33.3 Å². The van der Waals surface area contributed by atoms with Gasteiger partial charge in [0.15, 0.2) is 11.5 Å². The summed E-state index contributed by atoms with van der Waals surface area (Å²) in [6, 6.07) is 17.9. The molecule has 2 amide bonds. The predicted octanol–water partition coefficient (Wildman–Crippen LogP) is 3.80. The highest BCUT2D eigenvalue weighted by molar-refractivity contribution is 6.39. The van der Waals surface area contributed by atoms with Crippen LogP contribution < -0.4 is 29.7 Å². The van der Waals surface area contributed by atoms with Crippen LogP contribution in [0, 0.1) is 0 Å². The van der Waals surface area contributed by atoms with E-state index >= 15 is 0 Å². The highest BCUT2D eigenvalue weighted by atomic mass is 16.6. The van der Waals surface area contributed by atoms with Crippen molar-refractivity contribution >= 4 is 29.7 Å². The number of hydrogen-bond donors (Lipinski definition) is 2. The molecule has 0 fully saturated rings. The third-order valence-electron chi connectivity index (χ3n) is 4.81. The first-order valence-electron chi connectivity index (χ1n) is 11.4. The normalized spacial score (nSPS) is 10.5. The van der Waals surface area contributed by atoms with Crippen LogP contribution in [0.25, 0.3) is 0 Å². The first-order chi connectivity index (χ1) is 17.9. The fraction of sp³-hybridized carbons (Fsp3) is 0.185. The molecule has 0 unspecified atom stereocenters. The second-order valence-corrected chi connectivity index (χ2v) is 7.37. The van der Waals surface area contributed by atoms with Crippen molar-refractivity contribution in [1.82, 2.24) is 5.43 Å². The van der Waals surface area contributed by atoms with Crippen LogP contribution in [0.15, 0.2) is 71.8 Å². The summed E-state index contributed by atoms with van der Waals surface area (Å²) in [6.07, 6.45) is 1.33. The Morgan fingerprint density at radius 1 is 0.811 bits per heavy atom. The lowest BCUT2D eigenvalue weighted by Gasteiger charge is -2.11. The van der Waals surface area contributed by atoms with Gasteiger partial charge < -0.3 is 24.3 Å². The number of methoxy groups -OCH3 is 1. The van der Waals surface area contributed by atoms with Crippen molar-refractivity contribution in [3.8, 4) is 23.0 Å². The van der Waals surface area contributed by atoms with Gasteiger partial charge in [0.1, 0.15) is 11.5 Å². The molecule has 0 heterocycles. The zero-order chi connectivity index (χ0) is 26.6. The Hall–Kier alpha value is -4.86. The second-order valence-electron chi connectivity index (χ2n) is 7.37. The summed E-state index contributed by atoms with van der Waals surface area (Å²) in [5.41, 5.74) is 3.49. The number of esters is 1. The number of nitrogens with one attached hydrogen (secondary N) is 2. The number of hydrazone groups is 1. The van der Waals surface area contributed by atoms with E-state index in [0.717, 1.165) is 0 Å². The first kappa shape index (κ1) is 26.7. The fourth-order valence-electron chi connectivity index (χ4n) is 3.05. The van der Waals surface area contributed by atoms with Crippen molar-refractivity contribution in [3.05, 3.63) is 77.9 Å². The highest BCUT2D eigenvalue weighted by Gasteiger charge is 2.15. The van der Waals surface area contributed by atoms with Crippen LogP contribution in [-0.2, 0) is 9.59 Å².